The van der Waals surface area contributed by atoms with E-state index in [-0.39, 0.29) is 0 Å². The second-order valence-corrected chi connectivity index (χ2v) is 7.78. The molecule has 0 atom stereocenters. The van der Waals surface area contributed by atoms with E-state index < -0.39 is 0 Å². The number of aromatic nitrogens is 2. The molecule has 2 fully saturated rings. The van der Waals surface area contributed by atoms with Crippen molar-refractivity contribution in [3.63, 3.8) is 0 Å². The molecule has 4 heterocycles. The van der Waals surface area contributed by atoms with Crippen LogP contribution in [0.5, 0.6) is 0 Å². The molecule has 6 heteroatoms. The van der Waals surface area contributed by atoms with Crippen molar-refractivity contribution in [2.45, 2.75) is 44.6 Å². The van der Waals surface area contributed by atoms with Gasteiger partial charge in [-0.1, -0.05) is 18.9 Å². The molecule has 0 radical (unpaired) electrons. The molecule has 28 heavy (non-hydrogen) atoms. The molecular weight excluding hydrogens is 350 g/mol. The van der Waals surface area contributed by atoms with Gasteiger partial charge in [-0.15, -0.1) is 0 Å². The molecule has 6 nitrogen and oxygen atoms in total. The SMILES string of the molecule is C(=Cc1ccco1)CN1CCC(Nc2nccc(N3CCCCCC3)n2)CC1. The lowest BCUT2D eigenvalue weighted by atomic mass is 10.1. The van der Waals surface area contributed by atoms with E-state index in [0.717, 1.165) is 63.1 Å². The van der Waals surface area contributed by atoms with Crippen LogP contribution in [0, 0.1) is 0 Å². The first-order chi connectivity index (χ1) is 13.9. The number of anilines is 2. The van der Waals surface area contributed by atoms with E-state index in [4.69, 9.17) is 9.40 Å². The summed E-state index contributed by atoms with van der Waals surface area (Å²) >= 11 is 0. The molecule has 0 aliphatic carbocycles. The molecule has 2 aliphatic heterocycles. The van der Waals surface area contributed by atoms with Crippen molar-refractivity contribution in [2.75, 3.05) is 42.9 Å². The number of rotatable bonds is 6. The van der Waals surface area contributed by atoms with Gasteiger partial charge in [0.25, 0.3) is 0 Å². The van der Waals surface area contributed by atoms with Gasteiger partial charge in [-0.2, -0.15) is 4.98 Å². The molecule has 0 spiro atoms. The lowest BCUT2D eigenvalue weighted by Crippen LogP contribution is -2.39. The monoisotopic (exact) mass is 381 g/mol. The maximum atomic E-state index is 5.33. The maximum Gasteiger partial charge on any atom is 0.224 e. The number of nitrogens with zero attached hydrogens (tertiary/aromatic N) is 4. The Bertz CT molecular complexity index is 729. The molecule has 0 amide bonds. The molecule has 1 N–H and O–H groups in total. The highest BCUT2D eigenvalue weighted by Gasteiger charge is 2.19. The highest BCUT2D eigenvalue weighted by molar-refractivity contribution is 5.43. The summed E-state index contributed by atoms with van der Waals surface area (Å²) in [6, 6.07) is 6.39. The third-order valence-corrected chi connectivity index (χ3v) is 5.68. The van der Waals surface area contributed by atoms with E-state index in [1.54, 1.807) is 6.26 Å². The van der Waals surface area contributed by atoms with Crippen LogP contribution < -0.4 is 10.2 Å². The van der Waals surface area contributed by atoms with Gasteiger partial charge >= 0.3 is 0 Å². The molecule has 0 unspecified atom stereocenters. The van der Waals surface area contributed by atoms with Crippen molar-refractivity contribution < 1.29 is 4.42 Å². The lowest BCUT2D eigenvalue weighted by molar-refractivity contribution is 0.240. The standard InChI is InChI=1S/C22H31N5O/c1-2-4-15-27(14-3-1)21-9-12-23-22(25-21)24-19-10-16-26(17-11-19)13-5-7-20-8-6-18-28-20/h5-9,12,18-19H,1-4,10-11,13-17H2,(H,23,24,25). The van der Waals surface area contributed by atoms with Crippen molar-refractivity contribution in [3.8, 4) is 0 Å². The van der Waals surface area contributed by atoms with E-state index in [2.05, 4.69) is 26.2 Å². The molecule has 2 aromatic rings. The van der Waals surface area contributed by atoms with Crippen LogP contribution in [0.3, 0.4) is 0 Å². The van der Waals surface area contributed by atoms with Crippen molar-refractivity contribution in [2.24, 2.45) is 0 Å². The summed E-state index contributed by atoms with van der Waals surface area (Å²) in [5.41, 5.74) is 0. The summed E-state index contributed by atoms with van der Waals surface area (Å²) in [7, 11) is 0. The highest BCUT2D eigenvalue weighted by atomic mass is 16.3. The summed E-state index contributed by atoms with van der Waals surface area (Å²) in [6.45, 7) is 5.37. The zero-order chi connectivity index (χ0) is 19.0. The van der Waals surface area contributed by atoms with Crippen LogP contribution in [0.2, 0.25) is 0 Å². The third kappa shape index (κ3) is 5.35. The fraction of sp³-hybridized carbons (Fsp3) is 0.545. The first-order valence-corrected chi connectivity index (χ1v) is 10.6. The van der Waals surface area contributed by atoms with E-state index >= 15 is 0 Å². The van der Waals surface area contributed by atoms with Crippen LogP contribution in [-0.2, 0) is 0 Å². The lowest BCUT2D eigenvalue weighted by Gasteiger charge is -2.31. The Labute approximate surface area is 167 Å². The molecule has 150 valence electrons. The summed E-state index contributed by atoms with van der Waals surface area (Å²) in [5, 5.41) is 3.57. The summed E-state index contributed by atoms with van der Waals surface area (Å²) in [4.78, 5) is 14.2. The summed E-state index contributed by atoms with van der Waals surface area (Å²) in [5.74, 6) is 2.76. The average molecular weight is 382 g/mol. The minimum absolute atomic E-state index is 0.449. The molecule has 0 bridgehead atoms. The van der Waals surface area contributed by atoms with Crippen LogP contribution in [0.15, 0.2) is 41.2 Å². The molecule has 2 aromatic heterocycles. The van der Waals surface area contributed by atoms with Crippen LogP contribution in [-0.4, -0.2) is 53.6 Å². The topological polar surface area (TPSA) is 57.4 Å². The number of nitrogens with one attached hydrogen (secondary N) is 1. The minimum Gasteiger partial charge on any atom is -0.465 e. The second kappa shape index (κ2) is 9.73. The van der Waals surface area contributed by atoms with Crippen molar-refractivity contribution in [1.29, 1.82) is 0 Å². The largest absolute Gasteiger partial charge is 0.465 e. The Kier molecular flexibility index (Phi) is 6.60. The average Bonchev–Trinajstić information content (AvgIpc) is 3.09. The van der Waals surface area contributed by atoms with Gasteiger partial charge < -0.3 is 14.6 Å². The van der Waals surface area contributed by atoms with Crippen LogP contribution in [0.25, 0.3) is 6.08 Å². The van der Waals surface area contributed by atoms with Gasteiger partial charge in [0.05, 0.1) is 6.26 Å². The van der Waals surface area contributed by atoms with E-state index in [0.29, 0.717) is 6.04 Å². The first kappa shape index (κ1) is 19.0. The number of furan rings is 1. The molecule has 2 aliphatic rings. The normalized spacial score (nSPS) is 19.8. The third-order valence-electron chi connectivity index (χ3n) is 5.68. The van der Waals surface area contributed by atoms with E-state index in [9.17, 15) is 0 Å². The Balaban J connectivity index is 1.25. The Morgan fingerprint density at radius 1 is 1.07 bits per heavy atom. The predicted octanol–water partition coefficient (Wildman–Crippen LogP) is 4.04. The molecule has 4 rings (SSSR count). The zero-order valence-corrected chi connectivity index (χ0v) is 16.6. The Morgan fingerprint density at radius 3 is 2.64 bits per heavy atom. The summed E-state index contributed by atoms with van der Waals surface area (Å²) < 4.78 is 5.33. The van der Waals surface area contributed by atoms with Gasteiger partial charge in [-0.25, -0.2) is 4.98 Å². The number of piperidine rings is 1. The summed E-state index contributed by atoms with van der Waals surface area (Å²) in [6.07, 6.45) is 15.3. The van der Waals surface area contributed by atoms with E-state index in [1.807, 2.05) is 30.5 Å². The van der Waals surface area contributed by atoms with Crippen LogP contribution in [0.1, 0.15) is 44.3 Å². The number of likely N-dealkylation sites (tertiary alicyclic amines) is 1. The van der Waals surface area contributed by atoms with Crippen LogP contribution in [0.4, 0.5) is 11.8 Å². The quantitative estimate of drug-likeness (QED) is 0.815. The second-order valence-electron chi connectivity index (χ2n) is 7.78. The van der Waals surface area contributed by atoms with Crippen molar-refractivity contribution in [3.05, 3.63) is 42.5 Å². The van der Waals surface area contributed by atoms with E-state index in [1.165, 1.54) is 25.7 Å². The van der Waals surface area contributed by atoms with Crippen molar-refractivity contribution in [1.82, 2.24) is 14.9 Å². The molecular formula is C22H31N5O. The maximum absolute atomic E-state index is 5.33. The minimum atomic E-state index is 0.449. The van der Waals surface area contributed by atoms with Gasteiger partial charge in [-0.3, -0.25) is 4.90 Å². The Hall–Kier alpha value is -2.34. The highest BCUT2D eigenvalue weighted by Crippen LogP contribution is 2.20. The smallest absolute Gasteiger partial charge is 0.224 e. The molecule has 2 saturated heterocycles. The molecule has 0 aromatic carbocycles. The van der Waals surface area contributed by atoms with Gasteiger partial charge in [0, 0.05) is 45.0 Å². The first-order valence-electron chi connectivity index (χ1n) is 10.6. The van der Waals surface area contributed by atoms with Gasteiger partial charge in [0.1, 0.15) is 11.6 Å². The van der Waals surface area contributed by atoms with Gasteiger partial charge in [0.2, 0.25) is 5.95 Å². The zero-order valence-electron chi connectivity index (χ0n) is 16.6. The molecule has 0 saturated carbocycles. The number of hydrogen-bond acceptors (Lipinski definition) is 6. The van der Waals surface area contributed by atoms with Gasteiger partial charge in [-0.05, 0) is 50.0 Å². The number of hydrogen-bond donors (Lipinski definition) is 1. The van der Waals surface area contributed by atoms with Gasteiger partial charge in [0.15, 0.2) is 0 Å². The van der Waals surface area contributed by atoms with Crippen molar-refractivity contribution >= 4 is 17.8 Å². The van der Waals surface area contributed by atoms with Crippen LogP contribution >= 0.6 is 0 Å². The fourth-order valence-electron chi connectivity index (χ4n) is 4.04. The Morgan fingerprint density at radius 2 is 1.89 bits per heavy atom. The predicted molar refractivity (Wildman–Crippen MR) is 114 cm³/mol. The fourth-order valence-corrected chi connectivity index (χ4v) is 4.04.